The lowest BCUT2D eigenvalue weighted by molar-refractivity contribution is -0.147. The van der Waals surface area contributed by atoms with Crippen LogP contribution in [0.3, 0.4) is 0 Å². The number of nitrogens with two attached hydrogens (primary N) is 1. The molecule has 0 bridgehead atoms. The highest BCUT2D eigenvalue weighted by Gasteiger charge is 2.28. The molecule has 0 aromatic rings. The highest BCUT2D eigenvalue weighted by molar-refractivity contribution is 5.94. The number of hydrogen-bond donors (Lipinski definition) is 7. The first-order valence-corrected chi connectivity index (χ1v) is 7.21. The summed E-state index contributed by atoms with van der Waals surface area (Å²) in [5.41, 5.74) is 5.32. The Kier molecular flexibility index (Phi) is 9.09. The van der Waals surface area contributed by atoms with Crippen molar-refractivity contribution >= 4 is 29.7 Å². The van der Waals surface area contributed by atoms with Gasteiger partial charge >= 0.3 is 11.9 Å². The Morgan fingerprint density at radius 3 is 1.80 bits per heavy atom. The van der Waals surface area contributed by atoms with Crippen LogP contribution in [0.25, 0.3) is 0 Å². The first-order valence-electron chi connectivity index (χ1n) is 7.21. The molecule has 0 heterocycles. The fraction of sp³-hybridized carbons (Fsp3) is 0.615. The maximum absolute atomic E-state index is 11.9. The van der Waals surface area contributed by atoms with Gasteiger partial charge in [-0.1, -0.05) is 0 Å². The Bertz CT molecular complexity index is 536. The van der Waals surface area contributed by atoms with E-state index in [9.17, 15) is 24.0 Å². The van der Waals surface area contributed by atoms with E-state index < -0.39 is 66.9 Å². The standard InChI is InChI=1S/C13H22N4O8/c1-5(14)10(21)17-8(4-18)12(23)15-6(2)11(22)16-7(13(24)25)3-9(19)20/h5-8,18H,3-4,14H2,1-2H3,(H,15,23)(H,16,22)(H,17,21)(H,19,20)(H,24,25). The van der Waals surface area contributed by atoms with Gasteiger partial charge in [0.25, 0.3) is 0 Å². The molecular formula is C13H22N4O8. The average Bonchev–Trinajstić information content (AvgIpc) is 2.50. The number of carbonyl (C=O) groups excluding carboxylic acids is 3. The maximum Gasteiger partial charge on any atom is 0.326 e. The number of aliphatic hydroxyl groups is 1. The minimum atomic E-state index is -1.67. The van der Waals surface area contributed by atoms with Crippen LogP contribution in [0.15, 0.2) is 0 Å². The zero-order chi connectivity index (χ0) is 19.7. The van der Waals surface area contributed by atoms with Crippen LogP contribution in [0, 0.1) is 0 Å². The molecule has 0 radical (unpaired) electrons. The summed E-state index contributed by atoms with van der Waals surface area (Å²) in [6.07, 6.45) is -0.842. The summed E-state index contributed by atoms with van der Waals surface area (Å²) in [6.45, 7) is 1.83. The zero-order valence-electron chi connectivity index (χ0n) is 13.7. The SMILES string of the molecule is CC(N)C(=O)NC(CO)C(=O)NC(C)C(=O)NC(CC(=O)O)C(=O)O. The van der Waals surface area contributed by atoms with Crippen molar-refractivity contribution in [3.63, 3.8) is 0 Å². The van der Waals surface area contributed by atoms with Crippen LogP contribution in [-0.4, -0.2) is 75.8 Å². The van der Waals surface area contributed by atoms with E-state index in [1.54, 1.807) is 0 Å². The topological polar surface area (TPSA) is 208 Å². The van der Waals surface area contributed by atoms with Crippen molar-refractivity contribution in [2.75, 3.05) is 6.61 Å². The van der Waals surface area contributed by atoms with Gasteiger partial charge in [0.1, 0.15) is 18.1 Å². The zero-order valence-corrected chi connectivity index (χ0v) is 13.7. The lowest BCUT2D eigenvalue weighted by Gasteiger charge is -2.21. The van der Waals surface area contributed by atoms with Crippen LogP contribution in [0.1, 0.15) is 20.3 Å². The number of nitrogens with one attached hydrogen (secondary N) is 3. The lowest BCUT2D eigenvalue weighted by atomic mass is 10.2. The Hall–Kier alpha value is -2.73. The summed E-state index contributed by atoms with van der Waals surface area (Å²) >= 11 is 0. The van der Waals surface area contributed by atoms with Crippen molar-refractivity contribution in [3.8, 4) is 0 Å². The summed E-state index contributed by atoms with van der Waals surface area (Å²) in [5, 5.41) is 32.9. The predicted octanol–water partition coefficient (Wildman–Crippen LogP) is -3.64. The van der Waals surface area contributed by atoms with Crippen molar-refractivity contribution in [2.45, 2.75) is 44.4 Å². The number of carboxylic acid groups (broad SMARTS) is 2. The monoisotopic (exact) mass is 362 g/mol. The molecule has 8 N–H and O–H groups in total. The molecule has 12 heteroatoms. The third kappa shape index (κ3) is 8.08. The number of carbonyl (C=O) groups is 5. The molecule has 0 aliphatic carbocycles. The molecule has 12 nitrogen and oxygen atoms in total. The van der Waals surface area contributed by atoms with Gasteiger partial charge in [0.05, 0.1) is 19.1 Å². The van der Waals surface area contributed by atoms with Gasteiger partial charge in [-0.05, 0) is 13.8 Å². The summed E-state index contributed by atoms with van der Waals surface area (Å²) < 4.78 is 0. The van der Waals surface area contributed by atoms with Gasteiger partial charge in [0, 0.05) is 0 Å². The number of aliphatic hydroxyl groups excluding tert-OH is 1. The van der Waals surface area contributed by atoms with E-state index in [-0.39, 0.29) is 0 Å². The smallest absolute Gasteiger partial charge is 0.326 e. The van der Waals surface area contributed by atoms with Crippen molar-refractivity contribution in [1.82, 2.24) is 16.0 Å². The van der Waals surface area contributed by atoms with Gasteiger partial charge in [-0.15, -0.1) is 0 Å². The average molecular weight is 362 g/mol. The molecule has 3 amide bonds. The Labute approximate surface area is 142 Å². The largest absolute Gasteiger partial charge is 0.481 e. The third-order valence-electron chi connectivity index (χ3n) is 2.97. The second-order valence-corrected chi connectivity index (χ2v) is 5.26. The van der Waals surface area contributed by atoms with E-state index in [4.69, 9.17) is 21.1 Å². The van der Waals surface area contributed by atoms with Crippen LogP contribution < -0.4 is 21.7 Å². The number of rotatable bonds is 10. The van der Waals surface area contributed by atoms with E-state index in [1.165, 1.54) is 13.8 Å². The van der Waals surface area contributed by atoms with Gasteiger partial charge in [-0.3, -0.25) is 19.2 Å². The van der Waals surface area contributed by atoms with Crippen molar-refractivity contribution < 1.29 is 39.3 Å². The molecule has 0 aliphatic rings. The fourth-order valence-corrected chi connectivity index (χ4v) is 1.55. The minimum absolute atomic E-state index is 0.696. The fourth-order valence-electron chi connectivity index (χ4n) is 1.55. The third-order valence-corrected chi connectivity index (χ3v) is 2.97. The second kappa shape index (κ2) is 10.2. The molecule has 142 valence electrons. The van der Waals surface area contributed by atoms with E-state index in [2.05, 4.69) is 10.6 Å². The quantitative estimate of drug-likeness (QED) is 0.204. The van der Waals surface area contributed by atoms with E-state index in [1.807, 2.05) is 5.32 Å². The summed E-state index contributed by atoms with van der Waals surface area (Å²) in [6, 6.07) is -5.20. The first kappa shape index (κ1) is 22.3. The number of carboxylic acids is 2. The van der Waals surface area contributed by atoms with Crippen LogP contribution in [0.2, 0.25) is 0 Å². The molecular weight excluding hydrogens is 340 g/mol. The van der Waals surface area contributed by atoms with Crippen molar-refractivity contribution in [3.05, 3.63) is 0 Å². The van der Waals surface area contributed by atoms with Gasteiger partial charge in [0.2, 0.25) is 17.7 Å². The molecule has 0 saturated carbocycles. The lowest BCUT2D eigenvalue weighted by Crippen LogP contribution is -2.57. The maximum atomic E-state index is 11.9. The Morgan fingerprint density at radius 1 is 0.880 bits per heavy atom. The number of hydrogen-bond acceptors (Lipinski definition) is 7. The second-order valence-electron chi connectivity index (χ2n) is 5.26. The van der Waals surface area contributed by atoms with E-state index in [0.29, 0.717) is 0 Å². The van der Waals surface area contributed by atoms with Crippen LogP contribution >= 0.6 is 0 Å². The van der Waals surface area contributed by atoms with Gasteiger partial charge in [-0.2, -0.15) is 0 Å². The molecule has 0 aromatic carbocycles. The molecule has 4 atom stereocenters. The molecule has 0 aromatic heterocycles. The van der Waals surface area contributed by atoms with Gasteiger partial charge in [0.15, 0.2) is 0 Å². The van der Waals surface area contributed by atoms with Crippen molar-refractivity contribution in [1.29, 1.82) is 0 Å². The molecule has 0 fully saturated rings. The van der Waals surface area contributed by atoms with Crippen LogP contribution in [0.5, 0.6) is 0 Å². The first-order chi connectivity index (χ1) is 11.5. The molecule has 0 saturated heterocycles. The molecule has 0 aliphatic heterocycles. The molecule has 25 heavy (non-hydrogen) atoms. The molecule has 0 spiro atoms. The highest BCUT2D eigenvalue weighted by atomic mass is 16.4. The van der Waals surface area contributed by atoms with Crippen molar-refractivity contribution in [2.24, 2.45) is 5.73 Å². The number of amides is 3. The highest BCUT2D eigenvalue weighted by Crippen LogP contribution is 1.96. The summed E-state index contributed by atoms with van der Waals surface area (Å²) in [7, 11) is 0. The summed E-state index contributed by atoms with van der Waals surface area (Å²) in [5.74, 6) is -5.52. The van der Waals surface area contributed by atoms with E-state index >= 15 is 0 Å². The van der Waals surface area contributed by atoms with Gasteiger partial charge in [-0.25, -0.2) is 4.79 Å². The van der Waals surface area contributed by atoms with E-state index in [0.717, 1.165) is 0 Å². The minimum Gasteiger partial charge on any atom is -0.481 e. The predicted molar refractivity (Wildman–Crippen MR) is 82.1 cm³/mol. The molecule has 4 unspecified atom stereocenters. The summed E-state index contributed by atoms with van der Waals surface area (Å²) in [4.78, 5) is 56.7. The van der Waals surface area contributed by atoms with Gasteiger partial charge < -0.3 is 37.0 Å². The van der Waals surface area contributed by atoms with Crippen LogP contribution in [0.4, 0.5) is 0 Å². The normalized spacial score (nSPS) is 15.2. The number of aliphatic carboxylic acids is 2. The Balaban J connectivity index is 4.77. The van der Waals surface area contributed by atoms with Crippen LogP contribution in [-0.2, 0) is 24.0 Å². The Morgan fingerprint density at radius 2 is 1.40 bits per heavy atom. The molecule has 0 rings (SSSR count).